The molecule has 3 nitrogen and oxygen atoms in total. The third-order valence-electron chi connectivity index (χ3n) is 3.82. The molecule has 0 aliphatic carbocycles. The van der Waals surface area contributed by atoms with E-state index >= 15 is 0 Å². The molecule has 0 aliphatic rings. The number of hydrogen-bond acceptors (Lipinski definition) is 2. The summed E-state index contributed by atoms with van der Waals surface area (Å²) in [4.78, 5) is 11.0. The van der Waals surface area contributed by atoms with Crippen LogP contribution in [0.1, 0.15) is 11.1 Å². The Hall–Kier alpha value is -3.10. The van der Waals surface area contributed by atoms with Crippen LogP contribution in [0.15, 0.2) is 59.4 Å². The maximum atomic E-state index is 13.5. The number of rotatable bonds is 2. The summed E-state index contributed by atoms with van der Waals surface area (Å²) in [7, 11) is 0. The van der Waals surface area contributed by atoms with E-state index in [1.54, 1.807) is 0 Å². The molecule has 0 saturated carbocycles. The van der Waals surface area contributed by atoms with Gasteiger partial charge >= 0.3 is 12.4 Å². The summed E-state index contributed by atoms with van der Waals surface area (Å²) in [6.45, 7) is 0. The monoisotopic (exact) mass is 384 g/mol. The van der Waals surface area contributed by atoms with Crippen molar-refractivity contribution >= 4 is 0 Å². The van der Waals surface area contributed by atoms with Gasteiger partial charge in [-0.05, 0) is 35.4 Å². The Morgan fingerprint density at radius 1 is 0.741 bits per heavy atom. The molecule has 1 aromatic heterocycles. The van der Waals surface area contributed by atoms with Gasteiger partial charge in [0.1, 0.15) is 0 Å². The first kappa shape index (κ1) is 18.7. The van der Waals surface area contributed by atoms with Crippen LogP contribution in [-0.2, 0) is 12.4 Å². The van der Waals surface area contributed by atoms with E-state index in [-0.39, 0.29) is 22.4 Å². The standard InChI is InChI=1S/C18H10F6N2O/c19-17(20,21)12-4-1-10(2-5-12)13-6-3-11(9-14(13)18(22,23)24)15-7-8-16(27)26-25-15/h1-9H,(H,26,27). The maximum absolute atomic E-state index is 13.5. The number of halogens is 6. The zero-order chi connectivity index (χ0) is 19.8. The molecule has 3 rings (SSSR count). The molecule has 140 valence electrons. The predicted molar refractivity (Wildman–Crippen MR) is 85.7 cm³/mol. The van der Waals surface area contributed by atoms with Gasteiger partial charge in [0.05, 0.1) is 16.8 Å². The average Bonchev–Trinajstić information content (AvgIpc) is 2.60. The first-order chi connectivity index (χ1) is 12.6. The van der Waals surface area contributed by atoms with Gasteiger partial charge in [0.25, 0.3) is 5.56 Å². The van der Waals surface area contributed by atoms with E-state index < -0.39 is 29.0 Å². The van der Waals surface area contributed by atoms with Crippen molar-refractivity contribution in [1.29, 1.82) is 0 Å². The Bertz CT molecular complexity index is 999. The van der Waals surface area contributed by atoms with Crippen molar-refractivity contribution in [1.82, 2.24) is 10.2 Å². The quantitative estimate of drug-likeness (QED) is 0.622. The van der Waals surface area contributed by atoms with E-state index in [0.29, 0.717) is 0 Å². The topological polar surface area (TPSA) is 45.8 Å². The van der Waals surface area contributed by atoms with E-state index in [2.05, 4.69) is 10.2 Å². The van der Waals surface area contributed by atoms with Crippen LogP contribution in [0.3, 0.4) is 0 Å². The number of nitrogens with zero attached hydrogens (tertiary/aromatic N) is 1. The Labute approximate surface area is 148 Å². The highest BCUT2D eigenvalue weighted by Gasteiger charge is 2.35. The average molecular weight is 384 g/mol. The molecule has 1 N–H and O–H groups in total. The van der Waals surface area contributed by atoms with Crippen LogP contribution >= 0.6 is 0 Å². The van der Waals surface area contributed by atoms with Crippen LogP contribution in [0.5, 0.6) is 0 Å². The lowest BCUT2D eigenvalue weighted by Crippen LogP contribution is -2.09. The third kappa shape index (κ3) is 4.02. The van der Waals surface area contributed by atoms with Crippen LogP contribution in [0, 0.1) is 0 Å². The van der Waals surface area contributed by atoms with Gasteiger partial charge in [-0.15, -0.1) is 0 Å². The SMILES string of the molecule is O=c1ccc(-c2ccc(-c3ccc(C(F)(F)F)cc3)c(C(F)(F)F)c2)n[nH]1. The van der Waals surface area contributed by atoms with Crippen LogP contribution in [0.4, 0.5) is 26.3 Å². The van der Waals surface area contributed by atoms with Gasteiger partial charge in [0.15, 0.2) is 0 Å². The number of aromatic nitrogens is 2. The molecule has 0 aliphatic heterocycles. The van der Waals surface area contributed by atoms with E-state index in [4.69, 9.17) is 0 Å². The molecule has 0 spiro atoms. The molecule has 0 saturated heterocycles. The number of nitrogens with one attached hydrogen (secondary N) is 1. The molecule has 0 radical (unpaired) electrons. The van der Waals surface area contributed by atoms with Gasteiger partial charge in [-0.2, -0.15) is 31.4 Å². The summed E-state index contributed by atoms with van der Waals surface area (Å²) in [6, 6.07) is 9.19. The number of alkyl halides is 6. The minimum absolute atomic E-state index is 0.00342. The van der Waals surface area contributed by atoms with Gasteiger partial charge in [-0.3, -0.25) is 4.79 Å². The number of hydrogen-bond donors (Lipinski definition) is 1. The van der Waals surface area contributed by atoms with Crippen molar-refractivity contribution in [2.24, 2.45) is 0 Å². The molecule has 1 heterocycles. The van der Waals surface area contributed by atoms with Crippen LogP contribution in [-0.4, -0.2) is 10.2 Å². The lowest BCUT2D eigenvalue weighted by Gasteiger charge is -2.15. The first-order valence-electron chi connectivity index (χ1n) is 7.51. The van der Waals surface area contributed by atoms with Crippen LogP contribution in [0.25, 0.3) is 22.4 Å². The molecule has 0 amide bonds. The van der Waals surface area contributed by atoms with Crippen LogP contribution in [0.2, 0.25) is 0 Å². The summed E-state index contributed by atoms with van der Waals surface area (Å²) in [6.07, 6.45) is -9.32. The highest BCUT2D eigenvalue weighted by atomic mass is 19.4. The van der Waals surface area contributed by atoms with E-state index in [1.165, 1.54) is 12.1 Å². The molecule has 2 aromatic carbocycles. The minimum Gasteiger partial charge on any atom is -0.268 e. The smallest absolute Gasteiger partial charge is 0.268 e. The Morgan fingerprint density at radius 2 is 1.37 bits per heavy atom. The van der Waals surface area contributed by atoms with Gasteiger partial charge in [-0.1, -0.05) is 24.3 Å². The van der Waals surface area contributed by atoms with Crippen molar-refractivity contribution < 1.29 is 26.3 Å². The van der Waals surface area contributed by atoms with Gasteiger partial charge < -0.3 is 0 Å². The van der Waals surface area contributed by atoms with Crippen molar-refractivity contribution in [2.75, 3.05) is 0 Å². The lowest BCUT2D eigenvalue weighted by molar-refractivity contribution is -0.138. The summed E-state index contributed by atoms with van der Waals surface area (Å²) >= 11 is 0. The molecule has 0 bridgehead atoms. The molecule has 0 atom stereocenters. The largest absolute Gasteiger partial charge is 0.417 e. The molecule has 9 heteroatoms. The van der Waals surface area contributed by atoms with Crippen molar-refractivity contribution in [3.05, 3.63) is 76.1 Å². The van der Waals surface area contributed by atoms with Crippen molar-refractivity contribution in [2.45, 2.75) is 12.4 Å². The normalized spacial score (nSPS) is 12.2. The zero-order valence-corrected chi connectivity index (χ0v) is 13.3. The fourth-order valence-electron chi connectivity index (χ4n) is 2.53. The molecule has 0 unspecified atom stereocenters. The second-order valence-electron chi connectivity index (χ2n) is 5.64. The summed E-state index contributed by atoms with van der Waals surface area (Å²) in [5, 5.41) is 5.81. The number of benzene rings is 2. The molecule has 27 heavy (non-hydrogen) atoms. The number of H-pyrrole nitrogens is 1. The highest BCUT2D eigenvalue weighted by molar-refractivity contribution is 5.73. The maximum Gasteiger partial charge on any atom is 0.417 e. The Morgan fingerprint density at radius 3 is 1.89 bits per heavy atom. The summed E-state index contributed by atoms with van der Waals surface area (Å²) in [5.41, 5.74) is -2.51. The number of aromatic amines is 1. The molecule has 0 fully saturated rings. The van der Waals surface area contributed by atoms with E-state index in [9.17, 15) is 31.1 Å². The fraction of sp³-hybridized carbons (Fsp3) is 0.111. The van der Waals surface area contributed by atoms with Crippen LogP contribution < -0.4 is 5.56 Å². The summed E-state index contributed by atoms with van der Waals surface area (Å²) in [5.74, 6) is 0. The molecular weight excluding hydrogens is 374 g/mol. The third-order valence-corrected chi connectivity index (χ3v) is 3.82. The second-order valence-corrected chi connectivity index (χ2v) is 5.64. The molecular formula is C18H10F6N2O. The van der Waals surface area contributed by atoms with Crippen molar-refractivity contribution in [3.8, 4) is 22.4 Å². The highest BCUT2D eigenvalue weighted by Crippen LogP contribution is 2.40. The second kappa shape index (κ2) is 6.57. The van der Waals surface area contributed by atoms with E-state index in [1.807, 2.05) is 0 Å². The zero-order valence-electron chi connectivity index (χ0n) is 13.3. The minimum atomic E-state index is -4.74. The van der Waals surface area contributed by atoms with Gasteiger partial charge in [-0.25, -0.2) is 5.10 Å². The van der Waals surface area contributed by atoms with E-state index in [0.717, 1.165) is 42.5 Å². The first-order valence-corrected chi connectivity index (χ1v) is 7.51. The van der Waals surface area contributed by atoms with Crippen molar-refractivity contribution in [3.63, 3.8) is 0 Å². The lowest BCUT2D eigenvalue weighted by atomic mass is 9.95. The fourth-order valence-corrected chi connectivity index (χ4v) is 2.53. The Kier molecular flexibility index (Phi) is 4.54. The predicted octanol–water partition coefficient (Wildman–Crippen LogP) is 5.14. The van der Waals surface area contributed by atoms with Gasteiger partial charge in [0, 0.05) is 11.6 Å². The van der Waals surface area contributed by atoms with Gasteiger partial charge in [0.2, 0.25) is 0 Å². The Balaban J connectivity index is 2.10. The summed E-state index contributed by atoms with van der Waals surface area (Å²) < 4.78 is 78.5. The molecule has 3 aromatic rings.